The molecule has 4 heterocycles. The number of piperidine rings is 1. The maximum atomic E-state index is 14.2. The summed E-state index contributed by atoms with van der Waals surface area (Å²) in [6, 6.07) is 8.21. The summed E-state index contributed by atoms with van der Waals surface area (Å²) in [6.45, 7) is 5.03. The van der Waals surface area contributed by atoms with Crippen LogP contribution < -0.4 is 10.6 Å². The molecule has 12 heteroatoms. The van der Waals surface area contributed by atoms with Crippen LogP contribution in [0.25, 0.3) is 11.2 Å². The van der Waals surface area contributed by atoms with Crippen molar-refractivity contribution < 1.29 is 17.9 Å². The Morgan fingerprint density at radius 2 is 2.03 bits per heavy atom. The maximum Gasteiger partial charge on any atom is 0.418 e. The molecule has 0 N–H and O–H groups in total. The van der Waals surface area contributed by atoms with Gasteiger partial charge in [-0.1, -0.05) is 13.0 Å². The summed E-state index contributed by atoms with van der Waals surface area (Å²) in [5, 5.41) is 8.13. The Morgan fingerprint density at radius 3 is 2.72 bits per heavy atom. The lowest BCUT2D eigenvalue weighted by atomic mass is 10.00. The highest BCUT2D eigenvalue weighted by Crippen LogP contribution is 2.34. The zero-order valence-corrected chi connectivity index (χ0v) is 22.2. The molecule has 1 saturated heterocycles. The molecule has 1 fully saturated rings. The van der Waals surface area contributed by atoms with Crippen LogP contribution in [0.3, 0.4) is 0 Å². The van der Waals surface area contributed by atoms with Crippen LogP contribution in [0.1, 0.15) is 30.9 Å². The lowest BCUT2D eigenvalue weighted by Gasteiger charge is -2.31. The summed E-state index contributed by atoms with van der Waals surface area (Å²) in [6.07, 6.45) is 1.89. The number of aromatic nitrogens is 5. The summed E-state index contributed by atoms with van der Waals surface area (Å²) in [4.78, 5) is 17.6. The van der Waals surface area contributed by atoms with E-state index in [1.165, 1.54) is 23.0 Å². The molecule has 3 aromatic heterocycles. The first kappa shape index (κ1) is 26.9. The fourth-order valence-electron chi connectivity index (χ4n) is 5.29. The highest BCUT2D eigenvalue weighted by molar-refractivity contribution is 5.62. The van der Waals surface area contributed by atoms with Crippen molar-refractivity contribution in [2.24, 2.45) is 13.0 Å². The number of nitrogens with zero attached hydrogens (tertiary/aromatic N) is 7. The van der Waals surface area contributed by atoms with Crippen LogP contribution in [0.5, 0.6) is 0 Å². The second-order valence-corrected chi connectivity index (χ2v) is 10.2. The van der Waals surface area contributed by atoms with E-state index in [0.717, 1.165) is 30.3 Å². The molecule has 9 nitrogen and oxygen atoms in total. The van der Waals surface area contributed by atoms with E-state index in [1.807, 2.05) is 18.0 Å². The van der Waals surface area contributed by atoms with Crippen molar-refractivity contribution in [2.75, 3.05) is 38.3 Å². The van der Waals surface area contributed by atoms with Crippen LogP contribution in [0.4, 0.5) is 24.8 Å². The first-order chi connectivity index (χ1) is 18.7. The molecule has 1 atom stereocenters. The van der Waals surface area contributed by atoms with Gasteiger partial charge in [-0.3, -0.25) is 13.9 Å². The van der Waals surface area contributed by atoms with Gasteiger partial charge in [0.1, 0.15) is 6.33 Å². The van der Waals surface area contributed by atoms with Crippen molar-refractivity contribution in [3.05, 3.63) is 70.7 Å². The number of fused-ring (bicyclic) bond motifs is 1. The number of likely N-dealkylation sites (tertiary alicyclic amines) is 1. The molecule has 4 aromatic rings. The van der Waals surface area contributed by atoms with E-state index >= 15 is 0 Å². The van der Waals surface area contributed by atoms with Crippen LogP contribution in [0, 0.1) is 5.92 Å². The highest BCUT2D eigenvalue weighted by Gasteiger charge is 2.35. The number of hydrogen-bond donors (Lipinski definition) is 0. The standard InChI is InChI=1S/C27H32F3N7O2/c1-19-6-5-9-34(14-19)15-20-12-23(27(28,29)30)24-17-36(26(38)37(24)16-20)22-8-4-7-21(13-22)35(10-11-39-3)25-32-31-18-33(25)2/h4,7-8,12-13,16-19H,5-6,9-11,14-15H2,1-3H3/t19-/m0/s1. The van der Waals surface area contributed by atoms with Crippen molar-refractivity contribution in [2.45, 2.75) is 32.5 Å². The monoisotopic (exact) mass is 543 g/mol. The lowest BCUT2D eigenvalue weighted by Crippen LogP contribution is -2.34. The lowest BCUT2D eigenvalue weighted by molar-refractivity contribution is -0.136. The number of rotatable bonds is 8. The minimum absolute atomic E-state index is 0.182. The van der Waals surface area contributed by atoms with E-state index in [2.05, 4.69) is 22.0 Å². The summed E-state index contributed by atoms with van der Waals surface area (Å²) in [5.74, 6) is 1.06. The average molecular weight is 544 g/mol. The first-order valence-corrected chi connectivity index (χ1v) is 12.9. The molecular weight excluding hydrogens is 511 g/mol. The minimum atomic E-state index is -4.61. The van der Waals surface area contributed by atoms with E-state index in [4.69, 9.17) is 4.74 Å². The molecule has 208 valence electrons. The minimum Gasteiger partial charge on any atom is -0.383 e. The van der Waals surface area contributed by atoms with Gasteiger partial charge in [-0.15, -0.1) is 10.2 Å². The number of aryl methyl sites for hydroxylation is 1. The van der Waals surface area contributed by atoms with Crippen LogP contribution in [0.15, 0.2) is 53.8 Å². The Labute approximate surface area is 224 Å². The van der Waals surface area contributed by atoms with Crippen LogP contribution >= 0.6 is 0 Å². The zero-order chi connectivity index (χ0) is 27.7. The normalized spacial score (nSPS) is 16.7. The zero-order valence-electron chi connectivity index (χ0n) is 22.2. The molecule has 1 aromatic carbocycles. The fraction of sp³-hybridized carbons (Fsp3) is 0.444. The molecule has 1 aliphatic heterocycles. The van der Waals surface area contributed by atoms with E-state index in [1.54, 1.807) is 36.2 Å². The molecule has 0 bridgehead atoms. The maximum absolute atomic E-state index is 14.2. The molecule has 5 rings (SSSR count). The van der Waals surface area contributed by atoms with Gasteiger partial charge in [-0.05, 0) is 55.1 Å². The van der Waals surface area contributed by atoms with Gasteiger partial charge < -0.3 is 14.2 Å². The van der Waals surface area contributed by atoms with Gasteiger partial charge in [0.15, 0.2) is 0 Å². The van der Waals surface area contributed by atoms with Crippen molar-refractivity contribution >= 4 is 17.2 Å². The first-order valence-electron chi connectivity index (χ1n) is 12.9. The Kier molecular flexibility index (Phi) is 7.50. The number of imidazole rings is 1. The van der Waals surface area contributed by atoms with Crippen molar-refractivity contribution in [3.8, 4) is 5.69 Å². The molecular formula is C27H32F3N7O2. The number of benzene rings is 1. The Bertz CT molecular complexity index is 1510. The highest BCUT2D eigenvalue weighted by atomic mass is 19.4. The van der Waals surface area contributed by atoms with Crippen LogP contribution in [-0.4, -0.2) is 62.0 Å². The third kappa shape index (κ3) is 5.57. The van der Waals surface area contributed by atoms with Gasteiger partial charge >= 0.3 is 11.9 Å². The molecule has 0 spiro atoms. The quantitative estimate of drug-likeness (QED) is 0.331. The topological polar surface area (TPSA) is 72.8 Å². The number of hydrogen-bond acceptors (Lipinski definition) is 6. The summed E-state index contributed by atoms with van der Waals surface area (Å²) in [5.41, 5.74) is 0.0225. The summed E-state index contributed by atoms with van der Waals surface area (Å²) < 4.78 is 52.0. The van der Waals surface area contributed by atoms with Gasteiger partial charge in [-0.2, -0.15) is 13.2 Å². The average Bonchev–Trinajstić information content (AvgIpc) is 3.46. The number of ether oxygens (including phenoxy) is 1. The van der Waals surface area contributed by atoms with Crippen LogP contribution in [0.2, 0.25) is 0 Å². The van der Waals surface area contributed by atoms with E-state index in [-0.39, 0.29) is 5.52 Å². The molecule has 1 aliphatic rings. The Balaban J connectivity index is 1.57. The van der Waals surface area contributed by atoms with Gasteiger partial charge in [-0.25, -0.2) is 4.79 Å². The third-order valence-electron chi connectivity index (χ3n) is 7.14. The molecule has 0 amide bonds. The van der Waals surface area contributed by atoms with Gasteiger partial charge in [0.25, 0.3) is 0 Å². The SMILES string of the molecule is COCCN(c1cccc(-n2cc3c(C(F)(F)F)cc(CN4CCC[C@H](C)C4)cn3c2=O)c1)c1nncn1C. The van der Waals surface area contributed by atoms with Crippen molar-refractivity contribution in [1.29, 1.82) is 0 Å². The van der Waals surface area contributed by atoms with E-state index in [9.17, 15) is 18.0 Å². The fourth-order valence-corrected chi connectivity index (χ4v) is 5.29. The van der Waals surface area contributed by atoms with Gasteiger partial charge in [0.05, 0.1) is 23.4 Å². The number of methoxy groups -OCH3 is 1. The predicted octanol–water partition coefficient (Wildman–Crippen LogP) is 4.25. The predicted molar refractivity (Wildman–Crippen MR) is 142 cm³/mol. The smallest absolute Gasteiger partial charge is 0.383 e. The number of alkyl halides is 3. The summed E-state index contributed by atoms with van der Waals surface area (Å²) >= 11 is 0. The number of halogens is 3. The molecule has 0 unspecified atom stereocenters. The van der Waals surface area contributed by atoms with Gasteiger partial charge in [0, 0.05) is 51.9 Å². The second-order valence-electron chi connectivity index (χ2n) is 10.2. The van der Waals surface area contributed by atoms with E-state index in [0.29, 0.717) is 48.5 Å². The Morgan fingerprint density at radius 1 is 1.21 bits per heavy atom. The Hall–Kier alpha value is -3.64. The third-order valence-corrected chi connectivity index (χ3v) is 7.14. The molecule has 39 heavy (non-hydrogen) atoms. The molecule has 0 saturated carbocycles. The molecule has 0 aliphatic carbocycles. The van der Waals surface area contributed by atoms with Gasteiger partial charge in [0.2, 0.25) is 5.95 Å². The van der Waals surface area contributed by atoms with Crippen molar-refractivity contribution in [3.63, 3.8) is 0 Å². The largest absolute Gasteiger partial charge is 0.418 e. The summed E-state index contributed by atoms with van der Waals surface area (Å²) in [7, 11) is 3.40. The number of pyridine rings is 1. The van der Waals surface area contributed by atoms with Crippen LogP contribution in [-0.2, 0) is 24.5 Å². The van der Waals surface area contributed by atoms with Crippen molar-refractivity contribution in [1.82, 2.24) is 28.6 Å². The second kappa shape index (κ2) is 10.9. The number of anilines is 2. The van der Waals surface area contributed by atoms with E-state index < -0.39 is 17.4 Å². The molecule has 0 radical (unpaired) electrons.